The zero-order valence-electron chi connectivity index (χ0n) is 15.5. The highest BCUT2D eigenvalue weighted by molar-refractivity contribution is 5.86. The Kier molecular flexibility index (Phi) is 5.32. The summed E-state index contributed by atoms with van der Waals surface area (Å²) in [7, 11) is 2.11. The molecule has 0 saturated carbocycles. The summed E-state index contributed by atoms with van der Waals surface area (Å²) < 4.78 is 0. The highest BCUT2D eigenvalue weighted by Crippen LogP contribution is 2.32. The van der Waals surface area contributed by atoms with Gasteiger partial charge in [0.05, 0.1) is 6.54 Å². The van der Waals surface area contributed by atoms with E-state index in [0.717, 1.165) is 38.9 Å². The van der Waals surface area contributed by atoms with Crippen molar-refractivity contribution in [1.82, 2.24) is 19.6 Å². The van der Waals surface area contributed by atoms with Crippen LogP contribution in [0.1, 0.15) is 39.0 Å². The number of carbonyl (C=O) groups excluding carboxylic acids is 3. The van der Waals surface area contributed by atoms with Gasteiger partial charge in [-0.1, -0.05) is 0 Å². The topological polar surface area (TPSA) is 64.2 Å². The molecule has 0 aromatic carbocycles. The maximum atomic E-state index is 12.7. The zero-order valence-corrected chi connectivity index (χ0v) is 15.5. The highest BCUT2D eigenvalue weighted by Gasteiger charge is 2.43. The summed E-state index contributed by atoms with van der Waals surface area (Å²) in [6.45, 7) is 6.61. The van der Waals surface area contributed by atoms with E-state index in [0.29, 0.717) is 32.5 Å². The lowest BCUT2D eigenvalue weighted by Crippen LogP contribution is -2.63. The van der Waals surface area contributed by atoms with Crippen molar-refractivity contribution in [3.8, 4) is 0 Å². The lowest BCUT2D eigenvalue weighted by Gasteiger charge is -2.49. The average molecular weight is 350 g/mol. The van der Waals surface area contributed by atoms with Gasteiger partial charge < -0.3 is 14.7 Å². The molecule has 3 saturated heterocycles. The second-order valence-electron chi connectivity index (χ2n) is 7.60. The van der Waals surface area contributed by atoms with E-state index in [4.69, 9.17) is 0 Å². The van der Waals surface area contributed by atoms with E-state index in [9.17, 15) is 14.4 Å². The van der Waals surface area contributed by atoms with Crippen LogP contribution in [0, 0.1) is 0 Å². The van der Waals surface area contributed by atoms with Crippen molar-refractivity contribution in [3.63, 3.8) is 0 Å². The van der Waals surface area contributed by atoms with E-state index < -0.39 is 0 Å². The quantitative estimate of drug-likeness (QED) is 0.727. The van der Waals surface area contributed by atoms with Crippen LogP contribution in [0.15, 0.2) is 0 Å². The Hall–Kier alpha value is -1.63. The predicted octanol–water partition coefficient (Wildman–Crippen LogP) is 0.154. The molecule has 25 heavy (non-hydrogen) atoms. The summed E-state index contributed by atoms with van der Waals surface area (Å²) in [5, 5.41) is 0. The molecule has 0 aliphatic carbocycles. The van der Waals surface area contributed by atoms with Crippen LogP contribution in [0.2, 0.25) is 0 Å². The van der Waals surface area contributed by atoms with Crippen molar-refractivity contribution < 1.29 is 14.4 Å². The van der Waals surface area contributed by atoms with Crippen LogP contribution in [-0.4, -0.2) is 95.7 Å². The van der Waals surface area contributed by atoms with Gasteiger partial charge in [0.25, 0.3) is 0 Å². The number of hydrogen-bond donors (Lipinski definition) is 0. The molecular formula is C18H30N4O3. The molecule has 1 spiro atoms. The molecule has 3 aliphatic rings. The van der Waals surface area contributed by atoms with Crippen LogP contribution in [0.4, 0.5) is 0 Å². The van der Waals surface area contributed by atoms with Gasteiger partial charge in [0, 0.05) is 57.6 Å². The van der Waals surface area contributed by atoms with Gasteiger partial charge in [0.15, 0.2) is 0 Å². The molecule has 140 valence electrons. The van der Waals surface area contributed by atoms with Gasteiger partial charge in [-0.3, -0.25) is 19.3 Å². The van der Waals surface area contributed by atoms with Crippen LogP contribution >= 0.6 is 0 Å². The van der Waals surface area contributed by atoms with Crippen molar-refractivity contribution in [2.24, 2.45) is 0 Å². The summed E-state index contributed by atoms with van der Waals surface area (Å²) in [6.07, 6.45) is 3.66. The van der Waals surface area contributed by atoms with Gasteiger partial charge in [-0.25, -0.2) is 0 Å². The summed E-state index contributed by atoms with van der Waals surface area (Å²) >= 11 is 0. The normalized spacial score (nSPS) is 28.8. The Morgan fingerprint density at radius 3 is 2.44 bits per heavy atom. The fraction of sp³-hybridized carbons (Fsp3) is 0.833. The standard InChI is InChI=1S/C18H30N4O3/c1-3-20-10-8-18(7-6-16(20)24)14-22(12-11-19(18)2)17(25)13-21-9-4-5-15(21)23/h3-14H2,1-2H3/t18-/m0/s1. The molecule has 3 amide bonds. The average Bonchev–Trinajstić information content (AvgIpc) is 2.92. The molecule has 1 atom stereocenters. The third-order valence-corrected chi connectivity index (χ3v) is 6.24. The van der Waals surface area contributed by atoms with Crippen molar-refractivity contribution in [2.75, 3.05) is 52.9 Å². The number of hydrogen-bond acceptors (Lipinski definition) is 4. The first-order valence-corrected chi connectivity index (χ1v) is 9.50. The van der Waals surface area contributed by atoms with E-state index >= 15 is 0 Å². The largest absolute Gasteiger partial charge is 0.343 e. The Morgan fingerprint density at radius 1 is 1.00 bits per heavy atom. The molecule has 3 heterocycles. The number of likely N-dealkylation sites (N-methyl/N-ethyl adjacent to an activating group) is 1. The highest BCUT2D eigenvalue weighted by atomic mass is 16.2. The van der Waals surface area contributed by atoms with E-state index in [1.807, 2.05) is 16.7 Å². The summed E-state index contributed by atoms with van der Waals surface area (Å²) in [5.41, 5.74) is -0.123. The lowest BCUT2D eigenvalue weighted by atomic mass is 9.86. The second-order valence-corrected chi connectivity index (χ2v) is 7.60. The van der Waals surface area contributed by atoms with Gasteiger partial charge in [-0.05, 0) is 33.2 Å². The van der Waals surface area contributed by atoms with E-state index in [1.165, 1.54) is 0 Å². The molecule has 7 heteroatoms. The van der Waals surface area contributed by atoms with Crippen molar-refractivity contribution in [1.29, 1.82) is 0 Å². The summed E-state index contributed by atoms with van der Waals surface area (Å²) in [6, 6.07) is 0. The van der Waals surface area contributed by atoms with Crippen LogP contribution in [0.3, 0.4) is 0 Å². The third kappa shape index (κ3) is 3.66. The first kappa shape index (κ1) is 18.2. The van der Waals surface area contributed by atoms with Crippen molar-refractivity contribution >= 4 is 17.7 Å². The first-order valence-electron chi connectivity index (χ1n) is 9.50. The molecule has 3 rings (SSSR count). The second kappa shape index (κ2) is 7.32. The summed E-state index contributed by atoms with van der Waals surface area (Å²) in [4.78, 5) is 44.6. The molecule has 0 bridgehead atoms. The minimum Gasteiger partial charge on any atom is -0.343 e. The monoisotopic (exact) mass is 350 g/mol. The number of piperazine rings is 1. The minimum atomic E-state index is -0.123. The number of carbonyl (C=O) groups is 3. The Bertz CT molecular complexity index is 552. The molecule has 0 unspecified atom stereocenters. The Labute approximate surface area is 149 Å². The van der Waals surface area contributed by atoms with Crippen LogP contribution < -0.4 is 0 Å². The number of likely N-dealkylation sites (tertiary alicyclic amines) is 2. The Morgan fingerprint density at radius 2 is 1.76 bits per heavy atom. The molecule has 0 aromatic heterocycles. The minimum absolute atomic E-state index is 0.0469. The fourth-order valence-corrected chi connectivity index (χ4v) is 4.38. The molecule has 3 aliphatic heterocycles. The van der Waals surface area contributed by atoms with Gasteiger partial charge in [-0.15, -0.1) is 0 Å². The number of rotatable bonds is 3. The van der Waals surface area contributed by atoms with Gasteiger partial charge in [0.2, 0.25) is 17.7 Å². The fourth-order valence-electron chi connectivity index (χ4n) is 4.38. The lowest BCUT2D eigenvalue weighted by molar-refractivity contribution is -0.142. The van der Waals surface area contributed by atoms with Crippen LogP contribution in [0.25, 0.3) is 0 Å². The number of amides is 3. The van der Waals surface area contributed by atoms with Crippen molar-refractivity contribution in [2.45, 2.75) is 44.6 Å². The molecule has 0 radical (unpaired) electrons. The first-order chi connectivity index (χ1) is 11.9. The third-order valence-electron chi connectivity index (χ3n) is 6.24. The predicted molar refractivity (Wildman–Crippen MR) is 93.9 cm³/mol. The van der Waals surface area contributed by atoms with E-state index in [2.05, 4.69) is 11.9 Å². The van der Waals surface area contributed by atoms with Crippen LogP contribution in [0.5, 0.6) is 0 Å². The smallest absolute Gasteiger partial charge is 0.242 e. The molecular weight excluding hydrogens is 320 g/mol. The summed E-state index contributed by atoms with van der Waals surface area (Å²) in [5.74, 6) is 0.361. The molecule has 7 nitrogen and oxygen atoms in total. The maximum absolute atomic E-state index is 12.7. The van der Waals surface area contributed by atoms with Crippen LogP contribution in [-0.2, 0) is 14.4 Å². The van der Waals surface area contributed by atoms with E-state index in [1.54, 1.807) is 4.90 Å². The Balaban J connectivity index is 1.67. The SMILES string of the molecule is CCN1CC[C@@]2(CCC1=O)CN(C(=O)CN1CCCC1=O)CCN2C. The molecule has 0 aromatic rings. The van der Waals surface area contributed by atoms with Gasteiger partial charge >= 0.3 is 0 Å². The molecule has 3 fully saturated rings. The maximum Gasteiger partial charge on any atom is 0.242 e. The van der Waals surface area contributed by atoms with Gasteiger partial charge in [0.1, 0.15) is 0 Å². The van der Waals surface area contributed by atoms with Crippen molar-refractivity contribution in [3.05, 3.63) is 0 Å². The molecule has 0 N–H and O–H groups in total. The number of nitrogens with zero attached hydrogens (tertiary/aromatic N) is 4. The van der Waals surface area contributed by atoms with Gasteiger partial charge in [-0.2, -0.15) is 0 Å². The zero-order chi connectivity index (χ0) is 18.0. The van der Waals surface area contributed by atoms with E-state index in [-0.39, 0.29) is 29.8 Å².